The van der Waals surface area contributed by atoms with Gasteiger partial charge < -0.3 is 9.84 Å². The molecule has 0 radical (unpaired) electrons. The van der Waals surface area contributed by atoms with E-state index in [4.69, 9.17) is 4.74 Å². The maximum absolute atomic E-state index is 9.38. The summed E-state index contributed by atoms with van der Waals surface area (Å²) in [6, 6.07) is 0. The molecule has 1 N–H and O–H groups in total. The molecule has 2 nitrogen and oxygen atoms in total. The van der Waals surface area contributed by atoms with Crippen LogP contribution in [0.3, 0.4) is 0 Å². The lowest BCUT2D eigenvalue weighted by Crippen LogP contribution is -2.22. The van der Waals surface area contributed by atoms with Crippen molar-refractivity contribution in [2.24, 2.45) is 0 Å². The van der Waals surface area contributed by atoms with Crippen molar-refractivity contribution in [1.82, 2.24) is 0 Å². The molecule has 2 fully saturated rings. The van der Waals surface area contributed by atoms with Crippen LogP contribution in [0.5, 0.6) is 0 Å². The van der Waals surface area contributed by atoms with Gasteiger partial charge in [-0.05, 0) is 19.8 Å². The molecule has 2 aliphatic rings. The van der Waals surface area contributed by atoms with Crippen molar-refractivity contribution in [1.29, 1.82) is 0 Å². The maximum atomic E-state index is 9.38. The van der Waals surface area contributed by atoms with Crippen molar-refractivity contribution in [2.45, 2.75) is 69.7 Å². The summed E-state index contributed by atoms with van der Waals surface area (Å²) in [4.78, 5) is 0. The first kappa shape index (κ1) is 9.47. The predicted octanol–water partition coefficient (Wildman–Crippen LogP) is 2.25. The molecule has 0 aromatic carbocycles. The second kappa shape index (κ2) is 3.58. The first-order valence-corrected chi connectivity index (χ1v) is 5.59. The molecule has 0 aromatic heterocycles. The van der Waals surface area contributed by atoms with E-state index in [0.717, 1.165) is 6.42 Å². The topological polar surface area (TPSA) is 32.8 Å². The number of fused-ring (bicyclic) bond motifs is 1. The quantitative estimate of drug-likeness (QED) is 0.668. The van der Waals surface area contributed by atoms with Gasteiger partial charge in [-0.3, -0.25) is 0 Å². The monoisotopic (exact) mass is 184 g/mol. The van der Waals surface area contributed by atoms with E-state index in [1.165, 1.54) is 38.5 Å². The first-order valence-electron chi connectivity index (χ1n) is 5.59. The molecule has 3 unspecified atom stereocenters. The first-order chi connectivity index (χ1) is 6.23. The average Bonchev–Trinajstić information content (AvgIpc) is 2.62. The number of aliphatic hydroxyl groups is 1. The van der Waals surface area contributed by atoms with E-state index in [9.17, 15) is 5.11 Å². The Labute approximate surface area is 80.3 Å². The summed E-state index contributed by atoms with van der Waals surface area (Å²) in [5, 5.41) is 9.38. The van der Waals surface area contributed by atoms with Crippen molar-refractivity contribution in [3.63, 3.8) is 0 Å². The summed E-state index contributed by atoms with van der Waals surface area (Å²) in [6.07, 6.45) is 8.80. The zero-order chi connectivity index (χ0) is 9.31. The third-order valence-corrected chi connectivity index (χ3v) is 3.36. The Hall–Kier alpha value is -0.0800. The summed E-state index contributed by atoms with van der Waals surface area (Å²) in [6.45, 7) is 1.87. The standard InChI is InChI=1S/C11H20O2/c1-9(12)8-11-7-5-3-2-4-6-10(11)13-11/h9-10,12H,2-8H2,1H3. The molecule has 1 heterocycles. The minimum Gasteiger partial charge on any atom is -0.393 e. The molecule has 0 amide bonds. The van der Waals surface area contributed by atoms with Gasteiger partial charge in [-0.25, -0.2) is 0 Å². The molecule has 0 spiro atoms. The summed E-state index contributed by atoms with van der Waals surface area (Å²) in [5.74, 6) is 0. The third-order valence-electron chi connectivity index (χ3n) is 3.36. The van der Waals surface area contributed by atoms with Gasteiger partial charge in [-0.15, -0.1) is 0 Å². The van der Waals surface area contributed by atoms with Crippen molar-refractivity contribution in [3.05, 3.63) is 0 Å². The molecule has 0 aromatic rings. The van der Waals surface area contributed by atoms with Crippen LogP contribution in [-0.2, 0) is 4.74 Å². The van der Waals surface area contributed by atoms with Crippen LogP contribution in [-0.4, -0.2) is 22.9 Å². The summed E-state index contributed by atoms with van der Waals surface area (Å²) in [7, 11) is 0. The third kappa shape index (κ3) is 2.05. The Balaban J connectivity index is 1.90. The summed E-state index contributed by atoms with van der Waals surface area (Å²) in [5.41, 5.74) is 0.0919. The second-order valence-corrected chi connectivity index (χ2v) is 4.68. The van der Waals surface area contributed by atoms with E-state index >= 15 is 0 Å². The fraction of sp³-hybridized carbons (Fsp3) is 1.00. The van der Waals surface area contributed by atoms with Gasteiger partial charge in [0, 0.05) is 6.42 Å². The van der Waals surface area contributed by atoms with Crippen molar-refractivity contribution >= 4 is 0 Å². The normalized spacial score (nSPS) is 41.5. The zero-order valence-corrected chi connectivity index (χ0v) is 8.46. The predicted molar refractivity (Wildman–Crippen MR) is 51.6 cm³/mol. The molecule has 2 rings (SSSR count). The minimum atomic E-state index is -0.204. The van der Waals surface area contributed by atoms with Gasteiger partial charge in [-0.1, -0.05) is 25.7 Å². The van der Waals surface area contributed by atoms with Crippen molar-refractivity contribution < 1.29 is 9.84 Å². The van der Waals surface area contributed by atoms with Gasteiger partial charge in [0.1, 0.15) is 0 Å². The number of ether oxygens (including phenoxy) is 1. The van der Waals surface area contributed by atoms with Gasteiger partial charge in [0.2, 0.25) is 0 Å². The number of aliphatic hydroxyl groups excluding tert-OH is 1. The second-order valence-electron chi connectivity index (χ2n) is 4.68. The molecule has 1 saturated carbocycles. The molecule has 1 aliphatic carbocycles. The van der Waals surface area contributed by atoms with Crippen LogP contribution < -0.4 is 0 Å². The smallest absolute Gasteiger partial charge is 0.0972 e. The van der Waals surface area contributed by atoms with Crippen LogP contribution >= 0.6 is 0 Å². The van der Waals surface area contributed by atoms with Gasteiger partial charge in [0.05, 0.1) is 17.8 Å². The van der Waals surface area contributed by atoms with Gasteiger partial charge >= 0.3 is 0 Å². The minimum absolute atomic E-state index is 0.0919. The van der Waals surface area contributed by atoms with Crippen LogP contribution in [0.1, 0.15) is 51.9 Å². The zero-order valence-electron chi connectivity index (χ0n) is 8.46. The van der Waals surface area contributed by atoms with E-state index in [-0.39, 0.29) is 11.7 Å². The van der Waals surface area contributed by atoms with Crippen LogP contribution in [0.4, 0.5) is 0 Å². The van der Waals surface area contributed by atoms with E-state index in [1.54, 1.807) is 0 Å². The summed E-state index contributed by atoms with van der Waals surface area (Å²) >= 11 is 0. The molecule has 0 bridgehead atoms. The molecule has 3 atom stereocenters. The largest absolute Gasteiger partial charge is 0.393 e. The molecule has 2 heteroatoms. The highest BCUT2D eigenvalue weighted by Crippen LogP contribution is 2.48. The van der Waals surface area contributed by atoms with Crippen LogP contribution in [0.15, 0.2) is 0 Å². The fourth-order valence-corrected chi connectivity index (χ4v) is 2.68. The highest BCUT2D eigenvalue weighted by atomic mass is 16.6. The Morgan fingerprint density at radius 1 is 1.38 bits per heavy atom. The summed E-state index contributed by atoms with van der Waals surface area (Å²) < 4.78 is 5.78. The van der Waals surface area contributed by atoms with Crippen molar-refractivity contribution in [2.75, 3.05) is 0 Å². The van der Waals surface area contributed by atoms with Crippen LogP contribution in [0, 0.1) is 0 Å². The van der Waals surface area contributed by atoms with E-state index in [0.29, 0.717) is 6.10 Å². The molecular weight excluding hydrogens is 164 g/mol. The van der Waals surface area contributed by atoms with Gasteiger partial charge in [0.15, 0.2) is 0 Å². The SMILES string of the molecule is CC(O)CC12CCCCCCC1O2. The Bertz CT molecular complexity index is 179. The number of hydrogen-bond acceptors (Lipinski definition) is 2. The Kier molecular flexibility index (Phi) is 2.61. The van der Waals surface area contributed by atoms with Crippen LogP contribution in [0.2, 0.25) is 0 Å². The number of rotatable bonds is 2. The van der Waals surface area contributed by atoms with Gasteiger partial charge in [-0.2, -0.15) is 0 Å². The van der Waals surface area contributed by atoms with E-state index in [1.807, 2.05) is 6.92 Å². The highest BCUT2D eigenvalue weighted by Gasteiger charge is 2.55. The van der Waals surface area contributed by atoms with E-state index in [2.05, 4.69) is 0 Å². The maximum Gasteiger partial charge on any atom is 0.0972 e. The lowest BCUT2D eigenvalue weighted by Gasteiger charge is -2.16. The molecule has 1 aliphatic heterocycles. The lowest BCUT2D eigenvalue weighted by atomic mass is 9.87. The molecule has 1 saturated heterocycles. The molecule has 13 heavy (non-hydrogen) atoms. The number of hydrogen-bond donors (Lipinski definition) is 1. The Morgan fingerprint density at radius 3 is 2.92 bits per heavy atom. The lowest BCUT2D eigenvalue weighted by molar-refractivity contribution is 0.134. The fourth-order valence-electron chi connectivity index (χ4n) is 2.68. The number of epoxide rings is 1. The van der Waals surface area contributed by atoms with Gasteiger partial charge in [0.25, 0.3) is 0 Å². The molecule has 76 valence electrons. The highest BCUT2D eigenvalue weighted by molar-refractivity contribution is 5.03. The van der Waals surface area contributed by atoms with Crippen LogP contribution in [0.25, 0.3) is 0 Å². The van der Waals surface area contributed by atoms with Crippen molar-refractivity contribution in [3.8, 4) is 0 Å². The molecular formula is C11H20O2. The van der Waals surface area contributed by atoms with E-state index < -0.39 is 0 Å². The Morgan fingerprint density at radius 2 is 2.15 bits per heavy atom. The average molecular weight is 184 g/mol.